The van der Waals surface area contributed by atoms with Gasteiger partial charge in [0.1, 0.15) is 0 Å². The highest BCUT2D eigenvalue weighted by atomic mass is 19.1. The van der Waals surface area contributed by atoms with Crippen LogP contribution in [-0.4, -0.2) is 11.1 Å². The van der Waals surface area contributed by atoms with Gasteiger partial charge in [0.15, 0.2) is 17.4 Å². The van der Waals surface area contributed by atoms with Gasteiger partial charge in [0, 0.05) is 12.6 Å². The Morgan fingerprint density at radius 3 is 2.50 bits per heavy atom. The predicted octanol–water partition coefficient (Wildman–Crippen LogP) is 3.58. The number of aromatic hydroxyl groups is 1. The smallest absolute Gasteiger partial charge is 0.187 e. The van der Waals surface area contributed by atoms with E-state index in [0.29, 0.717) is 24.1 Å². The van der Waals surface area contributed by atoms with E-state index in [-0.39, 0.29) is 0 Å². The summed E-state index contributed by atoms with van der Waals surface area (Å²) in [4.78, 5) is 0. The SMILES string of the molecule is CC(NCc1cc(F)c(O)c(F)c1)C1CC2CCC1C2. The average molecular weight is 281 g/mol. The Kier molecular flexibility index (Phi) is 3.67. The van der Waals surface area contributed by atoms with Crippen LogP contribution in [0.2, 0.25) is 0 Å². The molecule has 2 nitrogen and oxygen atoms in total. The molecule has 2 saturated carbocycles. The molecule has 0 heterocycles. The van der Waals surface area contributed by atoms with E-state index >= 15 is 0 Å². The number of halogens is 2. The molecule has 1 aromatic carbocycles. The fraction of sp³-hybridized carbons (Fsp3) is 0.625. The number of nitrogens with one attached hydrogen (secondary N) is 1. The van der Waals surface area contributed by atoms with Crippen molar-refractivity contribution in [2.45, 2.75) is 45.2 Å². The third-order valence-electron chi connectivity index (χ3n) is 5.14. The van der Waals surface area contributed by atoms with Gasteiger partial charge in [-0.25, -0.2) is 8.78 Å². The molecule has 0 radical (unpaired) electrons. The minimum atomic E-state index is -0.894. The largest absolute Gasteiger partial charge is 0.503 e. The molecular formula is C16H21F2NO. The lowest BCUT2D eigenvalue weighted by Crippen LogP contribution is -2.35. The normalized spacial score (nSPS) is 29.9. The van der Waals surface area contributed by atoms with Crippen molar-refractivity contribution in [3.05, 3.63) is 29.3 Å². The maximum Gasteiger partial charge on any atom is 0.187 e. The number of rotatable bonds is 4. The number of hydrogen-bond acceptors (Lipinski definition) is 2. The number of phenolic OH excluding ortho intramolecular Hbond substituents is 1. The van der Waals surface area contributed by atoms with Crippen LogP contribution in [0.1, 0.15) is 38.2 Å². The van der Waals surface area contributed by atoms with Crippen LogP contribution in [-0.2, 0) is 6.54 Å². The van der Waals surface area contributed by atoms with Gasteiger partial charge in [-0.3, -0.25) is 0 Å². The Morgan fingerprint density at radius 1 is 1.25 bits per heavy atom. The van der Waals surface area contributed by atoms with Crippen LogP contribution in [0, 0.1) is 29.4 Å². The monoisotopic (exact) mass is 281 g/mol. The summed E-state index contributed by atoms with van der Waals surface area (Å²) in [7, 11) is 0. The summed E-state index contributed by atoms with van der Waals surface area (Å²) in [5, 5.41) is 12.5. The summed E-state index contributed by atoms with van der Waals surface area (Å²) in [6.07, 6.45) is 5.36. The molecule has 2 bridgehead atoms. The molecule has 0 spiro atoms. The number of fused-ring (bicyclic) bond motifs is 2. The highest BCUT2D eigenvalue weighted by molar-refractivity contribution is 5.30. The molecule has 0 saturated heterocycles. The minimum absolute atomic E-state index is 0.366. The molecular weight excluding hydrogens is 260 g/mol. The van der Waals surface area contributed by atoms with Crippen LogP contribution in [0.5, 0.6) is 5.75 Å². The highest BCUT2D eigenvalue weighted by Gasteiger charge is 2.41. The van der Waals surface area contributed by atoms with Crippen LogP contribution in [0.3, 0.4) is 0 Å². The van der Waals surface area contributed by atoms with Crippen molar-refractivity contribution in [3.63, 3.8) is 0 Å². The van der Waals surface area contributed by atoms with E-state index in [9.17, 15) is 8.78 Å². The molecule has 1 aromatic rings. The van der Waals surface area contributed by atoms with Crippen molar-refractivity contribution in [1.29, 1.82) is 0 Å². The average Bonchev–Trinajstić information content (AvgIpc) is 3.04. The quantitative estimate of drug-likeness (QED) is 0.884. The van der Waals surface area contributed by atoms with Gasteiger partial charge < -0.3 is 10.4 Å². The van der Waals surface area contributed by atoms with Crippen LogP contribution < -0.4 is 5.32 Å². The standard InChI is InChI=1S/C16H21F2NO/c1-9(13-5-10-2-3-12(13)4-10)19-8-11-6-14(17)16(20)15(18)7-11/h6-7,9-10,12-13,19-20H,2-5,8H2,1H3. The van der Waals surface area contributed by atoms with Crippen LogP contribution in [0.4, 0.5) is 8.78 Å². The molecule has 0 amide bonds. The summed E-state index contributed by atoms with van der Waals surface area (Å²) in [5.74, 6) is -0.257. The topological polar surface area (TPSA) is 32.3 Å². The van der Waals surface area contributed by atoms with Crippen molar-refractivity contribution < 1.29 is 13.9 Å². The number of hydrogen-bond donors (Lipinski definition) is 2. The highest BCUT2D eigenvalue weighted by Crippen LogP contribution is 2.49. The zero-order valence-corrected chi connectivity index (χ0v) is 11.7. The van der Waals surface area contributed by atoms with Crippen molar-refractivity contribution in [3.8, 4) is 5.75 Å². The van der Waals surface area contributed by atoms with E-state index < -0.39 is 17.4 Å². The van der Waals surface area contributed by atoms with Crippen LogP contribution in [0.25, 0.3) is 0 Å². The first kappa shape index (κ1) is 13.8. The molecule has 20 heavy (non-hydrogen) atoms. The van der Waals surface area contributed by atoms with E-state index in [2.05, 4.69) is 12.2 Å². The van der Waals surface area contributed by atoms with Crippen LogP contribution >= 0.6 is 0 Å². The third kappa shape index (κ3) is 2.53. The summed E-state index contributed by atoms with van der Waals surface area (Å²) in [6, 6.07) is 2.75. The maximum absolute atomic E-state index is 13.3. The lowest BCUT2D eigenvalue weighted by molar-refractivity contribution is 0.259. The van der Waals surface area contributed by atoms with E-state index in [1.54, 1.807) is 0 Å². The second-order valence-corrected chi connectivity index (χ2v) is 6.42. The Labute approximate surface area is 118 Å². The maximum atomic E-state index is 13.3. The Morgan fingerprint density at radius 2 is 1.95 bits per heavy atom. The van der Waals surface area contributed by atoms with Gasteiger partial charge in [-0.2, -0.15) is 0 Å². The first-order valence-electron chi connectivity index (χ1n) is 7.45. The van der Waals surface area contributed by atoms with Crippen molar-refractivity contribution in [2.24, 2.45) is 17.8 Å². The number of benzene rings is 1. The fourth-order valence-corrected chi connectivity index (χ4v) is 4.06. The van der Waals surface area contributed by atoms with Crippen molar-refractivity contribution in [1.82, 2.24) is 5.32 Å². The van der Waals surface area contributed by atoms with Gasteiger partial charge >= 0.3 is 0 Å². The van der Waals surface area contributed by atoms with Crippen LogP contribution in [0.15, 0.2) is 12.1 Å². The molecule has 2 aliphatic carbocycles. The molecule has 2 aliphatic rings. The Hall–Kier alpha value is -1.16. The van der Waals surface area contributed by atoms with Gasteiger partial charge in [0.2, 0.25) is 0 Å². The van der Waals surface area contributed by atoms with Gasteiger partial charge in [-0.1, -0.05) is 6.42 Å². The second-order valence-electron chi connectivity index (χ2n) is 6.42. The van der Waals surface area contributed by atoms with Crippen molar-refractivity contribution in [2.75, 3.05) is 0 Å². The van der Waals surface area contributed by atoms with E-state index in [4.69, 9.17) is 5.11 Å². The molecule has 0 aliphatic heterocycles. The molecule has 2 fully saturated rings. The summed E-state index contributed by atoms with van der Waals surface area (Å²) in [5.41, 5.74) is 0.535. The van der Waals surface area contributed by atoms with E-state index in [0.717, 1.165) is 11.8 Å². The van der Waals surface area contributed by atoms with Gasteiger partial charge in [0.25, 0.3) is 0 Å². The molecule has 3 rings (SSSR count). The Balaban J connectivity index is 1.59. The summed E-state index contributed by atoms with van der Waals surface area (Å²) in [6.45, 7) is 2.60. The Bertz CT molecular complexity index is 482. The van der Waals surface area contributed by atoms with Crippen molar-refractivity contribution >= 4 is 0 Å². The lowest BCUT2D eigenvalue weighted by Gasteiger charge is -2.28. The third-order valence-corrected chi connectivity index (χ3v) is 5.14. The lowest BCUT2D eigenvalue weighted by atomic mass is 9.84. The molecule has 4 heteroatoms. The first-order valence-corrected chi connectivity index (χ1v) is 7.45. The first-order chi connectivity index (χ1) is 9.54. The summed E-state index contributed by atoms with van der Waals surface area (Å²) >= 11 is 0. The zero-order valence-electron chi connectivity index (χ0n) is 11.7. The molecule has 4 unspecified atom stereocenters. The van der Waals surface area contributed by atoms with Gasteiger partial charge in [0.05, 0.1) is 0 Å². The molecule has 4 atom stereocenters. The van der Waals surface area contributed by atoms with Gasteiger partial charge in [-0.15, -0.1) is 0 Å². The second kappa shape index (κ2) is 5.32. The zero-order chi connectivity index (χ0) is 14.3. The molecule has 0 aromatic heterocycles. The van der Waals surface area contributed by atoms with Gasteiger partial charge in [-0.05, 0) is 61.6 Å². The molecule has 2 N–H and O–H groups in total. The predicted molar refractivity (Wildman–Crippen MR) is 73.3 cm³/mol. The van der Waals surface area contributed by atoms with E-state index in [1.165, 1.54) is 37.8 Å². The molecule has 110 valence electrons. The fourth-order valence-electron chi connectivity index (χ4n) is 4.06. The van der Waals surface area contributed by atoms with E-state index in [1.807, 2.05) is 0 Å². The minimum Gasteiger partial charge on any atom is -0.503 e. The summed E-state index contributed by atoms with van der Waals surface area (Å²) < 4.78 is 26.5. The number of phenols is 1.